The van der Waals surface area contributed by atoms with Gasteiger partial charge in [-0.05, 0) is 18.1 Å². The summed E-state index contributed by atoms with van der Waals surface area (Å²) in [5.41, 5.74) is 0.397. The predicted molar refractivity (Wildman–Crippen MR) is 52.3 cm³/mol. The molecule has 0 spiro atoms. The summed E-state index contributed by atoms with van der Waals surface area (Å²) < 4.78 is 39.6. The molecule has 7 heteroatoms. The smallest absolute Gasteiger partial charge is 0.423 e. The van der Waals surface area contributed by atoms with Crippen LogP contribution in [-0.2, 0) is 6.42 Å². The van der Waals surface area contributed by atoms with Crippen molar-refractivity contribution in [3.05, 3.63) is 23.8 Å². The van der Waals surface area contributed by atoms with Gasteiger partial charge in [0, 0.05) is 5.46 Å². The second kappa shape index (κ2) is 4.75. The van der Waals surface area contributed by atoms with E-state index in [-0.39, 0.29) is 5.46 Å². The van der Waals surface area contributed by atoms with Gasteiger partial charge < -0.3 is 14.8 Å². The number of aryl methyl sites for hydroxylation is 1. The number of hydrogen-bond acceptors (Lipinski definition) is 3. The van der Waals surface area contributed by atoms with Gasteiger partial charge in [-0.3, -0.25) is 0 Å². The van der Waals surface area contributed by atoms with Crippen molar-refractivity contribution >= 4 is 12.6 Å². The molecule has 0 aliphatic heterocycles. The Kier molecular flexibility index (Phi) is 3.82. The standard InChI is InChI=1S/C9H10BF3O3/c1-2-6-3-4-8(16-9(11,12)13)7(5-6)10(14)15/h3-5,14-15H,2H2,1H3. The SMILES string of the molecule is CCc1ccc(OC(F)(F)F)c(B(O)O)c1. The van der Waals surface area contributed by atoms with Gasteiger partial charge in [0.2, 0.25) is 0 Å². The van der Waals surface area contributed by atoms with Crippen LogP contribution < -0.4 is 10.2 Å². The molecule has 2 N–H and O–H groups in total. The van der Waals surface area contributed by atoms with Gasteiger partial charge in [-0.1, -0.05) is 19.1 Å². The molecule has 1 aromatic rings. The molecular formula is C9H10BF3O3. The summed E-state index contributed by atoms with van der Waals surface area (Å²) in [4.78, 5) is 0. The topological polar surface area (TPSA) is 49.7 Å². The summed E-state index contributed by atoms with van der Waals surface area (Å²) >= 11 is 0. The third kappa shape index (κ3) is 3.43. The Morgan fingerprint density at radius 1 is 1.31 bits per heavy atom. The molecule has 0 saturated carbocycles. The minimum Gasteiger partial charge on any atom is -0.423 e. The average Bonchev–Trinajstić information content (AvgIpc) is 2.15. The fourth-order valence-corrected chi connectivity index (χ4v) is 1.24. The molecule has 16 heavy (non-hydrogen) atoms. The molecule has 0 atom stereocenters. The van der Waals surface area contributed by atoms with Gasteiger partial charge in [0.25, 0.3) is 0 Å². The van der Waals surface area contributed by atoms with E-state index >= 15 is 0 Å². The number of ether oxygens (including phenoxy) is 1. The van der Waals surface area contributed by atoms with E-state index in [1.807, 2.05) is 0 Å². The summed E-state index contributed by atoms with van der Waals surface area (Å²) in [6.45, 7) is 1.80. The maximum atomic E-state index is 12.0. The van der Waals surface area contributed by atoms with Crippen molar-refractivity contribution in [3.8, 4) is 5.75 Å². The molecule has 0 aliphatic rings. The molecule has 88 valence electrons. The Labute approximate surface area is 90.6 Å². The molecule has 0 unspecified atom stereocenters. The summed E-state index contributed by atoms with van der Waals surface area (Å²) in [7, 11) is -2.00. The fourth-order valence-electron chi connectivity index (χ4n) is 1.24. The highest BCUT2D eigenvalue weighted by Gasteiger charge is 2.33. The largest absolute Gasteiger partial charge is 0.573 e. The van der Waals surface area contributed by atoms with Gasteiger partial charge in [-0.15, -0.1) is 13.2 Å². The normalized spacial score (nSPS) is 11.4. The molecule has 1 aromatic carbocycles. The van der Waals surface area contributed by atoms with Gasteiger partial charge in [-0.25, -0.2) is 0 Å². The Balaban J connectivity index is 3.08. The molecule has 0 radical (unpaired) electrons. The van der Waals surface area contributed by atoms with E-state index in [4.69, 9.17) is 10.0 Å². The molecule has 1 rings (SSSR count). The predicted octanol–water partition coefficient (Wildman–Crippen LogP) is 0.827. The van der Waals surface area contributed by atoms with Crippen LogP contribution in [0.15, 0.2) is 18.2 Å². The van der Waals surface area contributed by atoms with Crippen LogP contribution in [0.3, 0.4) is 0 Å². The van der Waals surface area contributed by atoms with Gasteiger partial charge in [0.1, 0.15) is 5.75 Å². The highest BCUT2D eigenvalue weighted by atomic mass is 19.4. The number of hydrogen-bond donors (Lipinski definition) is 2. The molecular weight excluding hydrogens is 224 g/mol. The number of alkyl halides is 3. The average molecular weight is 234 g/mol. The van der Waals surface area contributed by atoms with Crippen molar-refractivity contribution in [1.29, 1.82) is 0 Å². The van der Waals surface area contributed by atoms with E-state index in [0.29, 0.717) is 12.0 Å². The lowest BCUT2D eigenvalue weighted by atomic mass is 9.78. The third-order valence-corrected chi connectivity index (χ3v) is 1.99. The van der Waals surface area contributed by atoms with Crippen molar-refractivity contribution in [2.24, 2.45) is 0 Å². The van der Waals surface area contributed by atoms with E-state index in [1.165, 1.54) is 12.1 Å². The van der Waals surface area contributed by atoms with Crippen LogP contribution in [0.5, 0.6) is 5.75 Å². The van der Waals surface area contributed by atoms with E-state index in [1.54, 1.807) is 6.92 Å². The molecule has 0 saturated heterocycles. The minimum atomic E-state index is -4.85. The molecule has 3 nitrogen and oxygen atoms in total. The van der Waals surface area contributed by atoms with Crippen molar-refractivity contribution < 1.29 is 28.0 Å². The van der Waals surface area contributed by atoms with Gasteiger partial charge in [0.15, 0.2) is 0 Å². The van der Waals surface area contributed by atoms with Crippen LogP contribution in [0, 0.1) is 0 Å². The summed E-state index contributed by atoms with van der Waals surface area (Å²) in [6, 6.07) is 3.78. The first-order valence-electron chi connectivity index (χ1n) is 4.58. The van der Waals surface area contributed by atoms with E-state index in [2.05, 4.69) is 4.74 Å². The van der Waals surface area contributed by atoms with Crippen molar-refractivity contribution in [1.82, 2.24) is 0 Å². The van der Waals surface area contributed by atoms with Crippen LogP contribution in [0.4, 0.5) is 13.2 Å². The third-order valence-electron chi connectivity index (χ3n) is 1.99. The first-order valence-corrected chi connectivity index (χ1v) is 4.58. The van der Waals surface area contributed by atoms with Gasteiger partial charge >= 0.3 is 13.5 Å². The van der Waals surface area contributed by atoms with E-state index in [0.717, 1.165) is 6.07 Å². The zero-order valence-electron chi connectivity index (χ0n) is 8.45. The lowest BCUT2D eigenvalue weighted by molar-refractivity contribution is -0.274. The second-order valence-electron chi connectivity index (χ2n) is 3.15. The lowest BCUT2D eigenvalue weighted by Gasteiger charge is -2.13. The molecule has 0 fully saturated rings. The monoisotopic (exact) mass is 234 g/mol. The summed E-state index contributed by atoms with van der Waals surface area (Å²) in [5.74, 6) is -0.597. The van der Waals surface area contributed by atoms with Gasteiger partial charge in [-0.2, -0.15) is 0 Å². The highest BCUT2D eigenvalue weighted by molar-refractivity contribution is 6.59. The number of rotatable bonds is 3. The van der Waals surface area contributed by atoms with Crippen LogP contribution in [0.25, 0.3) is 0 Å². The molecule has 0 bridgehead atoms. The van der Waals surface area contributed by atoms with Crippen LogP contribution in [-0.4, -0.2) is 23.5 Å². The Hall–Kier alpha value is -1.21. The summed E-state index contributed by atoms with van der Waals surface area (Å²) in [5, 5.41) is 17.9. The van der Waals surface area contributed by atoms with Crippen molar-refractivity contribution in [2.75, 3.05) is 0 Å². The van der Waals surface area contributed by atoms with Crippen LogP contribution in [0.2, 0.25) is 0 Å². The first-order chi connectivity index (χ1) is 7.33. The molecule has 0 amide bonds. The Bertz CT molecular complexity index is 366. The fraction of sp³-hybridized carbons (Fsp3) is 0.333. The number of halogens is 3. The Morgan fingerprint density at radius 3 is 2.38 bits per heavy atom. The quantitative estimate of drug-likeness (QED) is 0.761. The lowest BCUT2D eigenvalue weighted by Crippen LogP contribution is -2.34. The molecule has 0 aliphatic carbocycles. The minimum absolute atomic E-state index is 0.295. The molecule has 0 heterocycles. The zero-order valence-corrected chi connectivity index (χ0v) is 8.45. The Morgan fingerprint density at radius 2 is 1.94 bits per heavy atom. The maximum Gasteiger partial charge on any atom is 0.573 e. The van der Waals surface area contributed by atoms with Crippen LogP contribution in [0.1, 0.15) is 12.5 Å². The second-order valence-corrected chi connectivity index (χ2v) is 3.15. The van der Waals surface area contributed by atoms with Crippen LogP contribution >= 0.6 is 0 Å². The van der Waals surface area contributed by atoms with E-state index < -0.39 is 19.2 Å². The maximum absolute atomic E-state index is 12.0. The highest BCUT2D eigenvalue weighted by Crippen LogP contribution is 2.21. The summed E-state index contributed by atoms with van der Waals surface area (Å²) in [6.07, 6.45) is -4.27. The van der Waals surface area contributed by atoms with Gasteiger partial charge in [0.05, 0.1) is 0 Å². The van der Waals surface area contributed by atoms with E-state index in [9.17, 15) is 13.2 Å². The van der Waals surface area contributed by atoms with Crippen molar-refractivity contribution in [2.45, 2.75) is 19.7 Å². The first kappa shape index (κ1) is 12.9. The van der Waals surface area contributed by atoms with Crippen molar-refractivity contribution in [3.63, 3.8) is 0 Å². The zero-order chi connectivity index (χ0) is 12.3. The molecule has 0 aromatic heterocycles. The number of benzene rings is 1.